The van der Waals surface area contributed by atoms with Crippen LogP contribution in [0.3, 0.4) is 0 Å². The van der Waals surface area contributed by atoms with E-state index >= 15 is 0 Å². The maximum absolute atomic E-state index is 10.2. The van der Waals surface area contributed by atoms with E-state index in [4.69, 9.17) is 4.84 Å². The fraction of sp³-hybridized carbons (Fsp3) is 0.458. The van der Waals surface area contributed by atoms with Crippen LogP contribution < -0.4 is 0 Å². The van der Waals surface area contributed by atoms with Crippen molar-refractivity contribution in [1.82, 2.24) is 0 Å². The van der Waals surface area contributed by atoms with Gasteiger partial charge in [-0.05, 0) is 69.1 Å². The van der Waals surface area contributed by atoms with E-state index in [2.05, 4.69) is 36.3 Å². The standard InChI is InChI=1S/C24H31NO3/c1-17-3-6-20(7-4-17)16-28-25-24(22-10-5-18(2)23(27)15-22)21-11-8-19(9-12-21)13-14-26/h3-7,10,15,19,21,26-27H,8-9,11-14,16H2,1-2H3/t19-,21-. The van der Waals surface area contributed by atoms with Crippen molar-refractivity contribution in [1.29, 1.82) is 0 Å². The minimum atomic E-state index is 0.266. The largest absolute Gasteiger partial charge is 0.508 e. The van der Waals surface area contributed by atoms with Gasteiger partial charge in [-0.15, -0.1) is 0 Å². The van der Waals surface area contributed by atoms with Gasteiger partial charge in [-0.25, -0.2) is 0 Å². The van der Waals surface area contributed by atoms with E-state index in [-0.39, 0.29) is 12.4 Å². The van der Waals surface area contributed by atoms with Crippen molar-refractivity contribution in [3.63, 3.8) is 0 Å². The summed E-state index contributed by atoms with van der Waals surface area (Å²) in [5, 5.41) is 23.9. The molecular weight excluding hydrogens is 350 g/mol. The Bertz CT molecular complexity index is 790. The molecule has 3 rings (SSSR count). The van der Waals surface area contributed by atoms with E-state index in [1.807, 2.05) is 19.1 Å². The zero-order chi connectivity index (χ0) is 19.9. The molecule has 1 saturated carbocycles. The number of nitrogens with zero attached hydrogens (tertiary/aromatic N) is 1. The second-order valence-electron chi connectivity index (χ2n) is 7.97. The smallest absolute Gasteiger partial charge is 0.142 e. The number of aliphatic hydroxyl groups excluding tert-OH is 1. The summed E-state index contributed by atoms with van der Waals surface area (Å²) in [4.78, 5) is 5.74. The van der Waals surface area contributed by atoms with Gasteiger partial charge in [-0.3, -0.25) is 0 Å². The zero-order valence-corrected chi connectivity index (χ0v) is 16.9. The molecule has 0 aliphatic heterocycles. The Kier molecular flexibility index (Phi) is 7.10. The van der Waals surface area contributed by atoms with Crippen LogP contribution in [0.4, 0.5) is 0 Å². The van der Waals surface area contributed by atoms with Crippen molar-refractivity contribution in [3.8, 4) is 5.75 Å². The molecule has 0 unspecified atom stereocenters. The first-order valence-corrected chi connectivity index (χ1v) is 10.2. The third-order valence-electron chi connectivity index (χ3n) is 5.79. The number of benzene rings is 2. The van der Waals surface area contributed by atoms with Crippen LogP contribution in [0.2, 0.25) is 0 Å². The molecule has 28 heavy (non-hydrogen) atoms. The summed E-state index contributed by atoms with van der Waals surface area (Å²) in [6.07, 6.45) is 5.15. The Morgan fingerprint density at radius 3 is 2.39 bits per heavy atom. The third kappa shape index (κ3) is 5.35. The Morgan fingerprint density at radius 2 is 1.75 bits per heavy atom. The molecule has 2 N–H and O–H groups in total. The van der Waals surface area contributed by atoms with Crippen molar-refractivity contribution in [2.45, 2.75) is 52.6 Å². The summed E-state index contributed by atoms with van der Waals surface area (Å²) in [6.45, 7) is 4.66. The van der Waals surface area contributed by atoms with Crippen LogP contribution in [0.25, 0.3) is 0 Å². The van der Waals surface area contributed by atoms with Crippen molar-refractivity contribution in [2.75, 3.05) is 6.61 Å². The lowest BCUT2D eigenvalue weighted by atomic mass is 9.77. The highest BCUT2D eigenvalue weighted by atomic mass is 16.6. The molecule has 1 fully saturated rings. The Labute approximate surface area is 167 Å². The molecule has 4 nitrogen and oxygen atoms in total. The van der Waals surface area contributed by atoms with Crippen molar-refractivity contribution < 1.29 is 15.1 Å². The Hall–Kier alpha value is -2.33. The summed E-state index contributed by atoms with van der Waals surface area (Å²) in [5.74, 6) is 1.20. The quantitative estimate of drug-likeness (QED) is 0.517. The monoisotopic (exact) mass is 381 g/mol. The molecule has 2 aromatic carbocycles. The maximum Gasteiger partial charge on any atom is 0.142 e. The predicted octanol–water partition coefficient (Wildman–Crippen LogP) is 5.12. The molecule has 150 valence electrons. The Balaban J connectivity index is 1.75. The molecule has 2 aromatic rings. The van der Waals surface area contributed by atoms with Crippen molar-refractivity contribution >= 4 is 5.71 Å². The number of phenolic OH excluding ortho intramolecular Hbond substituents is 1. The molecular formula is C24H31NO3. The minimum absolute atomic E-state index is 0.266. The van der Waals surface area contributed by atoms with E-state index in [0.717, 1.165) is 54.5 Å². The number of aromatic hydroxyl groups is 1. The molecule has 0 radical (unpaired) electrons. The fourth-order valence-corrected chi connectivity index (χ4v) is 3.90. The summed E-state index contributed by atoms with van der Waals surface area (Å²) >= 11 is 0. The van der Waals surface area contributed by atoms with Gasteiger partial charge < -0.3 is 15.1 Å². The number of aryl methyl sites for hydroxylation is 2. The predicted molar refractivity (Wildman–Crippen MR) is 112 cm³/mol. The van der Waals surface area contributed by atoms with Gasteiger partial charge in [0.15, 0.2) is 0 Å². The molecule has 0 spiro atoms. The van der Waals surface area contributed by atoms with Crippen molar-refractivity contribution in [3.05, 3.63) is 64.7 Å². The fourth-order valence-electron chi connectivity index (χ4n) is 3.90. The average molecular weight is 382 g/mol. The van der Waals surface area contributed by atoms with Gasteiger partial charge in [-0.2, -0.15) is 0 Å². The summed E-state index contributed by atoms with van der Waals surface area (Å²) < 4.78 is 0. The summed E-state index contributed by atoms with van der Waals surface area (Å²) in [6, 6.07) is 14.0. The van der Waals surface area contributed by atoms with Crippen LogP contribution in [0, 0.1) is 25.7 Å². The highest BCUT2D eigenvalue weighted by Gasteiger charge is 2.26. The van der Waals surface area contributed by atoms with Crippen LogP contribution >= 0.6 is 0 Å². The van der Waals surface area contributed by atoms with Crippen molar-refractivity contribution in [2.24, 2.45) is 17.0 Å². The van der Waals surface area contributed by atoms with Gasteiger partial charge in [0.05, 0.1) is 5.71 Å². The summed E-state index contributed by atoms with van der Waals surface area (Å²) in [7, 11) is 0. The number of hydrogen-bond donors (Lipinski definition) is 2. The first-order valence-electron chi connectivity index (χ1n) is 10.2. The average Bonchev–Trinajstić information content (AvgIpc) is 2.70. The van der Waals surface area contributed by atoms with Gasteiger partial charge in [0.1, 0.15) is 12.4 Å². The SMILES string of the molecule is Cc1ccc(CON=C(c2ccc(C)c(O)c2)[C@H]2CC[C@H](CCO)CC2)cc1. The molecule has 4 heteroatoms. The first-order chi connectivity index (χ1) is 13.6. The second-order valence-corrected chi connectivity index (χ2v) is 7.97. The molecule has 0 saturated heterocycles. The van der Waals surface area contributed by atoms with E-state index in [9.17, 15) is 10.2 Å². The lowest BCUT2D eigenvalue weighted by molar-refractivity contribution is 0.127. The number of rotatable bonds is 7. The van der Waals surface area contributed by atoms with E-state index in [0.29, 0.717) is 18.4 Å². The highest BCUT2D eigenvalue weighted by molar-refractivity contribution is 6.02. The van der Waals surface area contributed by atoms with Crippen LogP contribution in [-0.2, 0) is 11.4 Å². The number of hydrogen-bond acceptors (Lipinski definition) is 4. The summed E-state index contributed by atoms with van der Waals surface area (Å²) in [5.41, 5.74) is 5.02. The third-order valence-corrected chi connectivity index (χ3v) is 5.79. The topological polar surface area (TPSA) is 62.0 Å². The van der Waals surface area contributed by atoms with Crippen LogP contribution in [0.5, 0.6) is 5.75 Å². The lowest BCUT2D eigenvalue weighted by Gasteiger charge is -2.29. The van der Waals surface area contributed by atoms with E-state index in [1.165, 1.54) is 5.56 Å². The van der Waals surface area contributed by atoms with Gasteiger partial charge in [0, 0.05) is 18.1 Å². The van der Waals surface area contributed by atoms with Crippen LogP contribution in [0.15, 0.2) is 47.6 Å². The van der Waals surface area contributed by atoms with Crippen LogP contribution in [-0.4, -0.2) is 22.5 Å². The molecule has 0 aromatic heterocycles. The normalized spacial score (nSPS) is 20.2. The number of aliphatic hydroxyl groups is 1. The molecule has 0 amide bonds. The van der Waals surface area contributed by atoms with Gasteiger partial charge in [0.2, 0.25) is 0 Å². The molecule has 0 atom stereocenters. The van der Waals surface area contributed by atoms with E-state index in [1.54, 1.807) is 6.07 Å². The van der Waals surface area contributed by atoms with E-state index < -0.39 is 0 Å². The van der Waals surface area contributed by atoms with Gasteiger partial charge in [0.25, 0.3) is 0 Å². The van der Waals surface area contributed by atoms with Crippen LogP contribution in [0.1, 0.15) is 54.4 Å². The number of phenols is 1. The zero-order valence-electron chi connectivity index (χ0n) is 16.9. The molecule has 0 heterocycles. The highest BCUT2D eigenvalue weighted by Crippen LogP contribution is 2.34. The maximum atomic E-state index is 10.2. The molecule has 1 aliphatic carbocycles. The molecule has 0 bridgehead atoms. The first kappa shape index (κ1) is 20.4. The Morgan fingerprint density at radius 1 is 1.04 bits per heavy atom. The second kappa shape index (κ2) is 9.74. The van der Waals surface area contributed by atoms with Gasteiger partial charge in [-0.1, -0.05) is 47.1 Å². The minimum Gasteiger partial charge on any atom is -0.508 e. The van der Waals surface area contributed by atoms with Gasteiger partial charge >= 0.3 is 0 Å². The molecule has 1 aliphatic rings. The number of oxime groups is 1. The lowest BCUT2D eigenvalue weighted by Crippen LogP contribution is -2.23.